The Labute approximate surface area is 170 Å². The van der Waals surface area contributed by atoms with Crippen LogP contribution in [-0.2, 0) is 0 Å². The first kappa shape index (κ1) is 19.4. The number of halogens is 3. The van der Waals surface area contributed by atoms with Gasteiger partial charge in [0.1, 0.15) is 11.6 Å². The second kappa shape index (κ2) is 8.21. The Balaban J connectivity index is 1.62. The van der Waals surface area contributed by atoms with E-state index in [0.717, 1.165) is 11.3 Å². The van der Waals surface area contributed by atoms with Crippen LogP contribution in [0.2, 0.25) is 5.02 Å². The molecule has 3 aromatic carbocycles. The van der Waals surface area contributed by atoms with Crippen molar-refractivity contribution < 1.29 is 8.78 Å². The summed E-state index contributed by atoms with van der Waals surface area (Å²) in [6.07, 6.45) is 7.65. The van der Waals surface area contributed by atoms with Gasteiger partial charge in [-0.05, 0) is 66.2 Å². The second-order valence-corrected chi connectivity index (χ2v) is 8.45. The van der Waals surface area contributed by atoms with Crippen LogP contribution in [0, 0.1) is 17.6 Å². The van der Waals surface area contributed by atoms with E-state index in [-0.39, 0.29) is 10.8 Å². The number of rotatable bonds is 4. The van der Waals surface area contributed by atoms with Gasteiger partial charge >= 0.3 is 0 Å². The summed E-state index contributed by atoms with van der Waals surface area (Å²) in [5.41, 5.74) is 2.21. The summed E-state index contributed by atoms with van der Waals surface area (Å²) in [7, 11) is 0. The van der Waals surface area contributed by atoms with Crippen molar-refractivity contribution in [2.75, 3.05) is 0 Å². The van der Waals surface area contributed by atoms with E-state index >= 15 is 4.39 Å². The average molecular weight is 399 g/mol. The molecule has 4 rings (SSSR count). The minimum atomic E-state index is -0.535. The van der Waals surface area contributed by atoms with Gasteiger partial charge in [-0.15, -0.1) is 0 Å². The molecule has 0 aliphatic heterocycles. The molecule has 1 saturated carbocycles. The van der Waals surface area contributed by atoms with Crippen LogP contribution in [0.3, 0.4) is 0 Å². The van der Waals surface area contributed by atoms with Crippen LogP contribution in [0.1, 0.15) is 56.9 Å². The van der Waals surface area contributed by atoms with Gasteiger partial charge in [0.25, 0.3) is 0 Å². The van der Waals surface area contributed by atoms with Crippen molar-refractivity contribution in [2.24, 2.45) is 5.92 Å². The fraction of sp³-hybridized carbons (Fsp3) is 0.360. The van der Waals surface area contributed by atoms with E-state index in [1.165, 1.54) is 56.2 Å². The van der Waals surface area contributed by atoms with Crippen LogP contribution in [0.25, 0.3) is 21.9 Å². The summed E-state index contributed by atoms with van der Waals surface area (Å²) in [5.74, 6) is 0.609. The van der Waals surface area contributed by atoms with Gasteiger partial charge in [-0.25, -0.2) is 8.78 Å². The molecule has 0 radical (unpaired) electrons. The van der Waals surface area contributed by atoms with Crippen LogP contribution in [0.4, 0.5) is 8.78 Å². The van der Waals surface area contributed by atoms with E-state index in [9.17, 15) is 4.39 Å². The summed E-state index contributed by atoms with van der Waals surface area (Å²) in [4.78, 5) is 0. The van der Waals surface area contributed by atoms with Crippen molar-refractivity contribution >= 4 is 22.4 Å². The average Bonchev–Trinajstić information content (AvgIpc) is 2.71. The van der Waals surface area contributed by atoms with Crippen molar-refractivity contribution in [1.29, 1.82) is 0 Å². The van der Waals surface area contributed by atoms with E-state index in [4.69, 9.17) is 11.6 Å². The second-order valence-electron chi connectivity index (χ2n) is 8.04. The molecule has 1 aliphatic rings. The van der Waals surface area contributed by atoms with Crippen LogP contribution in [0.15, 0.2) is 48.5 Å². The topological polar surface area (TPSA) is 0 Å². The molecule has 0 saturated heterocycles. The number of hydrogen-bond acceptors (Lipinski definition) is 0. The highest BCUT2D eigenvalue weighted by molar-refractivity contribution is 6.30. The van der Waals surface area contributed by atoms with Crippen LogP contribution < -0.4 is 0 Å². The van der Waals surface area contributed by atoms with Crippen LogP contribution >= 0.6 is 11.6 Å². The Morgan fingerprint density at radius 2 is 1.71 bits per heavy atom. The highest BCUT2D eigenvalue weighted by Gasteiger charge is 2.22. The number of hydrogen-bond donors (Lipinski definition) is 0. The van der Waals surface area contributed by atoms with E-state index < -0.39 is 5.82 Å². The van der Waals surface area contributed by atoms with E-state index in [1.54, 1.807) is 12.1 Å². The van der Waals surface area contributed by atoms with Crippen LogP contribution in [0.5, 0.6) is 0 Å². The van der Waals surface area contributed by atoms with Gasteiger partial charge in [0.05, 0.1) is 5.02 Å². The molecular weight excluding hydrogens is 374 g/mol. The highest BCUT2D eigenvalue weighted by atomic mass is 35.5. The summed E-state index contributed by atoms with van der Waals surface area (Å²) in [6.45, 7) is 2.26. The Kier molecular flexibility index (Phi) is 5.68. The van der Waals surface area contributed by atoms with Crippen molar-refractivity contribution in [2.45, 2.75) is 51.4 Å². The maximum Gasteiger partial charge on any atom is 0.142 e. The van der Waals surface area contributed by atoms with Gasteiger partial charge in [-0.1, -0.05) is 67.8 Å². The van der Waals surface area contributed by atoms with Gasteiger partial charge < -0.3 is 0 Å². The first-order valence-electron chi connectivity index (χ1n) is 10.2. The first-order valence-corrected chi connectivity index (χ1v) is 10.6. The molecule has 0 unspecified atom stereocenters. The summed E-state index contributed by atoms with van der Waals surface area (Å²) in [5, 5.41) is 1.53. The van der Waals surface area contributed by atoms with Gasteiger partial charge in [0.15, 0.2) is 0 Å². The fourth-order valence-electron chi connectivity index (χ4n) is 4.64. The maximum atomic E-state index is 15.1. The predicted molar refractivity (Wildman–Crippen MR) is 114 cm³/mol. The summed E-state index contributed by atoms with van der Waals surface area (Å²) in [6, 6.07) is 14.2. The number of fused-ring (bicyclic) bond motifs is 1. The lowest BCUT2D eigenvalue weighted by Crippen LogP contribution is -2.13. The monoisotopic (exact) mass is 398 g/mol. The lowest BCUT2D eigenvalue weighted by atomic mass is 9.77. The van der Waals surface area contributed by atoms with E-state index in [0.29, 0.717) is 22.4 Å². The van der Waals surface area contributed by atoms with Crippen molar-refractivity contribution in [3.8, 4) is 11.1 Å². The molecule has 0 N–H and O–H groups in total. The molecule has 0 aromatic heterocycles. The molecule has 28 heavy (non-hydrogen) atoms. The third kappa shape index (κ3) is 3.80. The molecule has 0 atom stereocenters. The minimum absolute atomic E-state index is 0.0447. The van der Waals surface area contributed by atoms with Gasteiger partial charge in [-0.3, -0.25) is 0 Å². The zero-order chi connectivity index (χ0) is 19.7. The lowest BCUT2D eigenvalue weighted by molar-refractivity contribution is 0.308. The molecule has 0 amide bonds. The molecule has 3 aromatic rings. The first-order chi connectivity index (χ1) is 13.6. The van der Waals surface area contributed by atoms with Crippen molar-refractivity contribution in [3.63, 3.8) is 0 Å². The van der Waals surface area contributed by atoms with Gasteiger partial charge in [0.2, 0.25) is 0 Å². The summed E-state index contributed by atoms with van der Waals surface area (Å²) < 4.78 is 28.9. The van der Waals surface area contributed by atoms with E-state index in [2.05, 4.69) is 19.1 Å². The molecule has 146 valence electrons. The largest absolute Gasteiger partial charge is 0.206 e. The molecule has 0 nitrogen and oxygen atoms in total. The smallest absolute Gasteiger partial charge is 0.142 e. The SMILES string of the molecule is CCCC1CCC(c2ccc3c(F)c(-c4ccc(Cl)c(F)c4)ccc3c2)CC1. The van der Waals surface area contributed by atoms with Crippen molar-refractivity contribution in [1.82, 2.24) is 0 Å². The Hall–Kier alpha value is -1.93. The third-order valence-corrected chi connectivity index (χ3v) is 6.53. The Morgan fingerprint density at radius 1 is 0.929 bits per heavy atom. The van der Waals surface area contributed by atoms with Crippen LogP contribution in [-0.4, -0.2) is 0 Å². The molecule has 3 heteroatoms. The molecule has 0 bridgehead atoms. The standard InChI is InChI=1S/C25H25ClF2/c1-2-3-16-4-6-17(7-5-16)18-8-11-21-19(14-18)9-12-22(25(21)28)20-10-13-23(26)24(27)15-20/h8-17H,2-7H2,1H3. The molecule has 0 spiro atoms. The molecule has 0 heterocycles. The maximum absolute atomic E-state index is 15.1. The summed E-state index contributed by atoms with van der Waals surface area (Å²) >= 11 is 5.75. The molecule has 1 fully saturated rings. The number of benzene rings is 3. The Bertz CT molecular complexity index is 987. The van der Waals surface area contributed by atoms with Crippen molar-refractivity contribution in [3.05, 3.63) is 70.8 Å². The molecule has 1 aliphatic carbocycles. The third-order valence-electron chi connectivity index (χ3n) is 6.22. The minimum Gasteiger partial charge on any atom is -0.206 e. The molecular formula is C25H25ClF2. The fourth-order valence-corrected chi connectivity index (χ4v) is 4.76. The Morgan fingerprint density at radius 3 is 2.43 bits per heavy atom. The zero-order valence-electron chi connectivity index (χ0n) is 16.2. The normalized spacial score (nSPS) is 19.9. The quantitative estimate of drug-likeness (QED) is 0.413. The lowest BCUT2D eigenvalue weighted by Gasteiger charge is -2.28. The van der Waals surface area contributed by atoms with E-state index in [1.807, 2.05) is 12.1 Å². The van der Waals surface area contributed by atoms with Gasteiger partial charge in [0, 0.05) is 10.9 Å². The van der Waals surface area contributed by atoms with Gasteiger partial charge in [-0.2, -0.15) is 0 Å². The zero-order valence-corrected chi connectivity index (χ0v) is 16.9. The highest BCUT2D eigenvalue weighted by Crippen LogP contribution is 2.39. The predicted octanol–water partition coefficient (Wildman–Crippen LogP) is 8.51.